The average Bonchev–Trinajstić information content (AvgIpc) is 3.11. The first-order valence-corrected chi connectivity index (χ1v) is 12.5. The third kappa shape index (κ3) is 3.87. The van der Waals surface area contributed by atoms with Gasteiger partial charge in [-0.15, -0.1) is 0 Å². The van der Waals surface area contributed by atoms with E-state index < -0.39 is 7.12 Å². The monoisotopic (exact) mass is 471 g/mol. The molecule has 36 heavy (non-hydrogen) atoms. The molecule has 1 heterocycles. The highest BCUT2D eigenvalue weighted by Crippen LogP contribution is 2.40. The minimum atomic E-state index is -0.416. The molecule has 0 N–H and O–H groups in total. The van der Waals surface area contributed by atoms with Crippen LogP contribution >= 0.6 is 0 Å². The van der Waals surface area contributed by atoms with Crippen molar-refractivity contribution in [2.75, 3.05) is 4.90 Å². The molecular weight excluding hydrogens is 441 g/mol. The largest absolute Gasteiger partial charge is 0.494 e. The van der Waals surface area contributed by atoms with E-state index in [0.717, 1.165) is 22.5 Å². The summed E-state index contributed by atoms with van der Waals surface area (Å²) in [5.41, 5.74) is 3.54. The van der Waals surface area contributed by atoms with Crippen molar-refractivity contribution < 1.29 is 9.31 Å². The summed E-state index contributed by atoms with van der Waals surface area (Å²) in [5.74, 6) is 0. The zero-order chi connectivity index (χ0) is 24.9. The Labute approximate surface area is 213 Å². The van der Waals surface area contributed by atoms with Gasteiger partial charge in [-0.05, 0) is 79.6 Å². The van der Waals surface area contributed by atoms with Crippen molar-refractivity contribution in [1.29, 1.82) is 0 Å². The van der Waals surface area contributed by atoms with E-state index in [1.165, 1.54) is 21.5 Å². The Morgan fingerprint density at radius 1 is 0.556 bits per heavy atom. The Hall–Kier alpha value is -3.60. The first kappa shape index (κ1) is 22.8. The fourth-order valence-electron chi connectivity index (χ4n) is 4.94. The molecule has 0 radical (unpaired) electrons. The zero-order valence-electron chi connectivity index (χ0n) is 21.2. The molecule has 1 saturated heterocycles. The number of rotatable bonds is 4. The number of fused-ring (bicyclic) bond motifs is 2. The van der Waals surface area contributed by atoms with Gasteiger partial charge in [-0.3, -0.25) is 0 Å². The molecule has 3 nitrogen and oxygen atoms in total. The molecule has 6 rings (SSSR count). The molecule has 178 valence electrons. The minimum Gasteiger partial charge on any atom is -0.399 e. The predicted molar refractivity (Wildman–Crippen MR) is 152 cm³/mol. The Morgan fingerprint density at radius 2 is 1.17 bits per heavy atom. The van der Waals surface area contributed by atoms with Gasteiger partial charge in [0.1, 0.15) is 0 Å². The van der Waals surface area contributed by atoms with Crippen LogP contribution in [0.5, 0.6) is 0 Å². The van der Waals surface area contributed by atoms with Crippen LogP contribution in [0.25, 0.3) is 21.5 Å². The summed E-state index contributed by atoms with van der Waals surface area (Å²) in [7, 11) is -0.416. The molecule has 1 aliphatic rings. The number of nitrogens with zero attached hydrogens (tertiary/aromatic N) is 1. The fraction of sp³-hybridized carbons (Fsp3) is 0.188. The van der Waals surface area contributed by atoms with E-state index in [9.17, 15) is 0 Å². The quantitative estimate of drug-likeness (QED) is 0.250. The van der Waals surface area contributed by atoms with Gasteiger partial charge < -0.3 is 14.2 Å². The molecule has 0 aromatic heterocycles. The summed E-state index contributed by atoms with van der Waals surface area (Å²) >= 11 is 0. The van der Waals surface area contributed by atoms with Gasteiger partial charge in [0, 0.05) is 16.8 Å². The molecule has 0 aliphatic carbocycles. The molecule has 0 spiro atoms. The summed E-state index contributed by atoms with van der Waals surface area (Å²) in [6, 6.07) is 38.7. The van der Waals surface area contributed by atoms with Gasteiger partial charge in [-0.1, -0.05) is 78.9 Å². The SMILES string of the molecule is CC1(C)OB(c2cccc(N(c3ccc4ccccc4c3)c3cccc4ccccc34)c2)OC1(C)C. The van der Waals surface area contributed by atoms with Crippen LogP contribution in [0.15, 0.2) is 109 Å². The summed E-state index contributed by atoms with van der Waals surface area (Å²) < 4.78 is 12.8. The topological polar surface area (TPSA) is 21.7 Å². The molecule has 0 amide bonds. The van der Waals surface area contributed by atoms with Gasteiger partial charge in [0.25, 0.3) is 0 Å². The minimum absolute atomic E-state index is 0.388. The van der Waals surface area contributed by atoms with Crippen LogP contribution in [0.1, 0.15) is 27.7 Å². The van der Waals surface area contributed by atoms with E-state index in [1.54, 1.807) is 0 Å². The average molecular weight is 471 g/mol. The van der Waals surface area contributed by atoms with Crippen molar-refractivity contribution >= 4 is 51.2 Å². The van der Waals surface area contributed by atoms with Crippen molar-refractivity contribution in [1.82, 2.24) is 0 Å². The standard InChI is InChI=1S/C32H30BNO2/c1-31(2)32(3,4)36-33(35-31)26-15-10-16-27(22-26)34(28-20-19-23-11-5-6-13-25(23)21-28)30-18-9-14-24-12-7-8-17-29(24)30/h5-22H,1-4H3. The van der Waals surface area contributed by atoms with Crippen LogP contribution in [0.4, 0.5) is 17.1 Å². The van der Waals surface area contributed by atoms with Crippen LogP contribution in [-0.2, 0) is 9.31 Å². The fourth-order valence-corrected chi connectivity index (χ4v) is 4.94. The van der Waals surface area contributed by atoms with Crippen LogP contribution in [-0.4, -0.2) is 18.3 Å². The van der Waals surface area contributed by atoms with E-state index in [-0.39, 0.29) is 11.2 Å². The Morgan fingerprint density at radius 3 is 1.94 bits per heavy atom. The first-order valence-electron chi connectivity index (χ1n) is 12.5. The number of anilines is 3. The van der Waals surface area contributed by atoms with E-state index in [4.69, 9.17) is 9.31 Å². The van der Waals surface area contributed by atoms with Gasteiger partial charge in [-0.25, -0.2) is 0 Å². The normalized spacial score (nSPS) is 16.5. The lowest BCUT2D eigenvalue weighted by Crippen LogP contribution is -2.41. The summed E-state index contributed by atoms with van der Waals surface area (Å²) in [4.78, 5) is 2.34. The van der Waals surface area contributed by atoms with Gasteiger partial charge >= 0.3 is 7.12 Å². The van der Waals surface area contributed by atoms with Crippen molar-refractivity contribution in [2.45, 2.75) is 38.9 Å². The van der Waals surface area contributed by atoms with E-state index in [1.807, 2.05) is 0 Å². The van der Waals surface area contributed by atoms with Crippen molar-refractivity contribution in [3.8, 4) is 0 Å². The number of hydrogen-bond acceptors (Lipinski definition) is 3. The first-order chi connectivity index (χ1) is 17.3. The van der Waals surface area contributed by atoms with Gasteiger partial charge in [0.05, 0.1) is 16.9 Å². The van der Waals surface area contributed by atoms with E-state index >= 15 is 0 Å². The molecule has 1 fully saturated rings. The zero-order valence-corrected chi connectivity index (χ0v) is 21.2. The maximum absolute atomic E-state index is 6.38. The molecule has 5 aromatic carbocycles. The van der Waals surface area contributed by atoms with Gasteiger partial charge in [0.15, 0.2) is 0 Å². The molecule has 0 saturated carbocycles. The lowest BCUT2D eigenvalue weighted by atomic mass is 9.79. The van der Waals surface area contributed by atoms with E-state index in [2.05, 4.69) is 142 Å². The van der Waals surface area contributed by atoms with Gasteiger partial charge in [-0.2, -0.15) is 0 Å². The van der Waals surface area contributed by atoms with Crippen LogP contribution in [0, 0.1) is 0 Å². The lowest BCUT2D eigenvalue weighted by Gasteiger charge is -2.32. The molecule has 0 bridgehead atoms. The van der Waals surface area contributed by atoms with Gasteiger partial charge in [0.2, 0.25) is 0 Å². The Bertz CT molecular complexity index is 1550. The second-order valence-electron chi connectivity index (χ2n) is 10.5. The lowest BCUT2D eigenvalue weighted by molar-refractivity contribution is 0.00578. The van der Waals surface area contributed by atoms with Crippen LogP contribution in [0.2, 0.25) is 0 Å². The summed E-state index contributed by atoms with van der Waals surface area (Å²) in [6.07, 6.45) is 0. The van der Waals surface area contributed by atoms with Crippen molar-refractivity contribution in [3.05, 3.63) is 109 Å². The molecular formula is C32H30BNO2. The van der Waals surface area contributed by atoms with E-state index in [0.29, 0.717) is 0 Å². The Kier molecular flexibility index (Phi) is 5.40. The Balaban J connectivity index is 1.52. The highest BCUT2D eigenvalue weighted by atomic mass is 16.7. The smallest absolute Gasteiger partial charge is 0.399 e. The molecule has 4 heteroatoms. The van der Waals surface area contributed by atoms with Crippen molar-refractivity contribution in [2.24, 2.45) is 0 Å². The third-order valence-electron chi connectivity index (χ3n) is 7.65. The molecule has 0 atom stereocenters. The van der Waals surface area contributed by atoms with Crippen LogP contribution < -0.4 is 10.4 Å². The van der Waals surface area contributed by atoms with Crippen molar-refractivity contribution in [3.63, 3.8) is 0 Å². The molecule has 5 aromatic rings. The summed E-state index contributed by atoms with van der Waals surface area (Å²) in [6.45, 7) is 8.37. The number of hydrogen-bond donors (Lipinski definition) is 0. The highest BCUT2D eigenvalue weighted by molar-refractivity contribution is 6.62. The maximum Gasteiger partial charge on any atom is 0.494 e. The number of benzene rings is 5. The second kappa shape index (κ2) is 8.51. The molecule has 1 aliphatic heterocycles. The maximum atomic E-state index is 6.38. The summed E-state index contributed by atoms with van der Waals surface area (Å²) in [5, 5.41) is 4.85. The predicted octanol–water partition coefficient (Wildman–Crippen LogP) is 7.76. The second-order valence-corrected chi connectivity index (χ2v) is 10.5. The molecule has 0 unspecified atom stereocenters. The third-order valence-corrected chi connectivity index (χ3v) is 7.65. The highest BCUT2D eigenvalue weighted by Gasteiger charge is 2.51. The van der Waals surface area contributed by atoms with Crippen LogP contribution in [0.3, 0.4) is 0 Å².